The van der Waals surface area contributed by atoms with Crippen molar-refractivity contribution in [3.63, 3.8) is 0 Å². The van der Waals surface area contributed by atoms with E-state index in [1.807, 2.05) is 32.0 Å². The van der Waals surface area contributed by atoms with Crippen molar-refractivity contribution in [2.45, 2.75) is 39.2 Å². The zero-order valence-electron chi connectivity index (χ0n) is 11.3. The number of nitrogens with two attached hydrogens (primary N) is 1. The Morgan fingerprint density at radius 1 is 1.22 bits per heavy atom. The van der Waals surface area contributed by atoms with Crippen LogP contribution >= 0.6 is 11.6 Å². The summed E-state index contributed by atoms with van der Waals surface area (Å²) < 4.78 is 0. The number of fused-ring (bicyclic) bond motifs is 1. The molecule has 18 heavy (non-hydrogen) atoms. The van der Waals surface area contributed by atoms with Crippen molar-refractivity contribution in [1.29, 1.82) is 0 Å². The average molecular weight is 263 g/mol. The van der Waals surface area contributed by atoms with Crippen LogP contribution in [0.25, 0.3) is 10.9 Å². The molecule has 0 radical (unpaired) electrons. The van der Waals surface area contributed by atoms with Gasteiger partial charge in [0.25, 0.3) is 0 Å². The topological polar surface area (TPSA) is 38.9 Å². The first-order valence-corrected chi connectivity index (χ1v) is 6.56. The Balaban J connectivity index is 2.82. The zero-order chi connectivity index (χ0) is 13.5. The van der Waals surface area contributed by atoms with E-state index in [9.17, 15) is 0 Å². The minimum Gasteiger partial charge on any atom is -0.322 e. The summed E-state index contributed by atoms with van der Waals surface area (Å²) in [7, 11) is 0. The molecule has 0 spiro atoms. The Labute approximate surface area is 113 Å². The Hall–Kier alpha value is -1.12. The van der Waals surface area contributed by atoms with Crippen LogP contribution in [0.15, 0.2) is 24.3 Å². The minimum absolute atomic E-state index is 0.381. The number of hydrogen-bond donors (Lipinski definition) is 1. The highest BCUT2D eigenvalue weighted by Gasteiger charge is 2.20. The lowest BCUT2D eigenvalue weighted by molar-refractivity contribution is 0.557. The summed E-state index contributed by atoms with van der Waals surface area (Å²) in [5.41, 5.74) is 8.99. The molecule has 1 heterocycles. The fourth-order valence-corrected chi connectivity index (χ4v) is 2.22. The van der Waals surface area contributed by atoms with Crippen LogP contribution in [0.2, 0.25) is 5.02 Å². The number of pyridine rings is 1. The van der Waals surface area contributed by atoms with E-state index in [0.717, 1.165) is 22.2 Å². The number of nitrogens with zero attached hydrogens (tertiary/aromatic N) is 1. The van der Waals surface area contributed by atoms with E-state index in [0.29, 0.717) is 10.9 Å². The predicted octanol–water partition coefficient (Wildman–Crippen LogP) is 4.21. The van der Waals surface area contributed by atoms with E-state index < -0.39 is 5.54 Å². The Morgan fingerprint density at radius 3 is 2.44 bits per heavy atom. The van der Waals surface area contributed by atoms with Crippen molar-refractivity contribution in [2.24, 2.45) is 5.73 Å². The molecule has 2 rings (SSSR count). The molecule has 2 aromatic rings. The van der Waals surface area contributed by atoms with Crippen LogP contribution in [0.4, 0.5) is 0 Å². The summed E-state index contributed by atoms with van der Waals surface area (Å²) in [5.74, 6) is 0.381. The first kappa shape index (κ1) is 13.3. The van der Waals surface area contributed by atoms with Crippen molar-refractivity contribution >= 4 is 22.5 Å². The highest BCUT2D eigenvalue weighted by molar-refractivity contribution is 6.31. The van der Waals surface area contributed by atoms with Crippen LogP contribution in [0.3, 0.4) is 0 Å². The SMILES string of the molecule is CC(C)c1cc(C(C)(C)N)c2cc(Cl)ccc2n1. The molecule has 0 saturated carbocycles. The molecule has 0 aliphatic heterocycles. The molecule has 0 saturated heterocycles. The van der Waals surface area contributed by atoms with E-state index in [2.05, 4.69) is 24.9 Å². The molecular weight excluding hydrogens is 244 g/mol. The Bertz CT molecular complexity index is 583. The summed E-state index contributed by atoms with van der Waals surface area (Å²) in [4.78, 5) is 4.68. The molecule has 1 aromatic carbocycles. The summed E-state index contributed by atoms with van der Waals surface area (Å²) in [6.45, 7) is 8.29. The summed E-state index contributed by atoms with van der Waals surface area (Å²) in [6.07, 6.45) is 0. The number of aromatic nitrogens is 1. The van der Waals surface area contributed by atoms with Crippen LogP contribution in [0.5, 0.6) is 0 Å². The molecule has 0 bridgehead atoms. The Morgan fingerprint density at radius 2 is 1.89 bits per heavy atom. The van der Waals surface area contributed by atoms with Gasteiger partial charge in [-0.05, 0) is 49.6 Å². The molecule has 0 aliphatic rings. The lowest BCUT2D eigenvalue weighted by Gasteiger charge is -2.23. The number of benzene rings is 1. The predicted molar refractivity (Wildman–Crippen MR) is 78.1 cm³/mol. The minimum atomic E-state index is -0.407. The normalized spacial score (nSPS) is 12.4. The van der Waals surface area contributed by atoms with Crippen molar-refractivity contribution < 1.29 is 0 Å². The number of rotatable bonds is 2. The molecule has 0 fully saturated rings. The van der Waals surface area contributed by atoms with Gasteiger partial charge < -0.3 is 5.73 Å². The largest absolute Gasteiger partial charge is 0.322 e. The number of halogens is 1. The van der Waals surface area contributed by atoms with Gasteiger partial charge in [0.05, 0.1) is 5.52 Å². The second-order valence-electron chi connectivity index (χ2n) is 5.63. The fraction of sp³-hybridized carbons (Fsp3) is 0.400. The van der Waals surface area contributed by atoms with E-state index in [1.54, 1.807) is 0 Å². The molecule has 0 amide bonds. The van der Waals surface area contributed by atoms with E-state index in [4.69, 9.17) is 17.3 Å². The standard InChI is InChI=1S/C15H19ClN2/c1-9(2)14-8-12(15(3,4)17)11-7-10(16)5-6-13(11)18-14/h5-9H,17H2,1-4H3. The van der Waals surface area contributed by atoms with Crippen molar-refractivity contribution in [1.82, 2.24) is 4.98 Å². The van der Waals surface area contributed by atoms with Gasteiger partial charge in [-0.15, -0.1) is 0 Å². The highest BCUT2D eigenvalue weighted by Crippen LogP contribution is 2.30. The number of hydrogen-bond acceptors (Lipinski definition) is 2. The third-order valence-electron chi connectivity index (χ3n) is 3.08. The molecule has 0 atom stereocenters. The average Bonchev–Trinajstić information content (AvgIpc) is 2.26. The quantitative estimate of drug-likeness (QED) is 0.881. The van der Waals surface area contributed by atoms with Crippen molar-refractivity contribution in [3.05, 3.63) is 40.5 Å². The van der Waals surface area contributed by atoms with Crippen LogP contribution in [0, 0.1) is 0 Å². The maximum absolute atomic E-state index is 6.27. The second kappa shape index (κ2) is 4.52. The summed E-state index contributed by atoms with van der Waals surface area (Å²) >= 11 is 6.07. The van der Waals surface area contributed by atoms with Gasteiger partial charge in [0.15, 0.2) is 0 Å². The van der Waals surface area contributed by atoms with E-state index in [1.165, 1.54) is 0 Å². The maximum atomic E-state index is 6.27. The Kier molecular flexibility index (Phi) is 3.35. The van der Waals surface area contributed by atoms with Crippen molar-refractivity contribution in [3.8, 4) is 0 Å². The van der Waals surface area contributed by atoms with Gasteiger partial charge in [-0.2, -0.15) is 0 Å². The molecule has 1 aromatic heterocycles. The van der Waals surface area contributed by atoms with Gasteiger partial charge in [-0.1, -0.05) is 25.4 Å². The monoisotopic (exact) mass is 262 g/mol. The van der Waals surface area contributed by atoms with E-state index in [-0.39, 0.29) is 0 Å². The fourth-order valence-electron chi connectivity index (χ4n) is 2.05. The zero-order valence-corrected chi connectivity index (χ0v) is 12.0. The lowest BCUT2D eigenvalue weighted by atomic mass is 9.90. The van der Waals surface area contributed by atoms with E-state index >= 15 is 0 Å². The third kappa shape index (κ3) is 2.50. The van der Waals surface area contributed by atoms with Gasteiger partial charge in [0, 0.05) is 21.6 Å². The van der Waals surface area contributed by atoms with Crippen LogP contribution < -0.4 is 5.73 Å². The van der Waals surface area contributed by atoms with Crippen molar-refractivity contribution in [2.75, 3.05) is 0 Å². The lowest BCUT2D eigenvalue weighted by Crippen LogP contribution is -2.29. The molecule has 3 heteroatoms. The smallest absolute Gasteiger partial charge is 0.0709 e. The highest BCUT2D eigenvalue weighted by atomic mass is 35.5. The first-order valence-electron chi connectivity index (χ1n) is 6.18. The maximum Gasteiger partial charge on any atom is 0.0709 e. The molecule has 2 nitrogen and oxygen atoms in total. The second-order valence-corrected chi connectivity index (χ2v) is 6.07. The van der Waals surface area contributed by atoms with Gasteiger partial charge in [-0.3, -0.25) is 4.98 Å². The summed E-state index contributed by atoms with van der Waals surface area (Å²) in [6, 6.07) is 7.87. The molecule has 0 aliphatic carbocycles. The first-order chi connectivity index (χ1) is 8.29. The van der Waals surface area contributed by atoms with Crippen LogP contribution in [-0.4, -0.2) is 4.98 Å². The van der Waals surface area contributed by atoms with Gasteiger partial charge >= 0.3 is 0 Å². The molecule has 2 N–H and O–H groups in total. The van der Waals surface area contributed by atoms with Gasteiger partial charge in [0.2, 0.25) is 0 Å². The van der Waals surface area contributed by atoms with Crippen LogP contribution in [0.1, 0.15) is 44.9 Å². The van der Waals surface area contributed by atoms with Gasteiger partial charge in [-0.25, -0.2) is 0 Å². The van der Waals surface area contributed by atoms with Crippen LogP contribution in [-0.2, 0) is 5.54 Å². The molecule has 96 valence electrons. The molecular formula is C15H19ClN2. The molecule has 0 unspecified atom stereocenters. The summed E-state index contributed by atoms with van der Waals surface area (Å²) in [5, 5.41) is 1.76. The third-order valence-corrected chi connectivity index (χ3v) is 3.31. The van der Waals surface area contributed by atoms with Gasteiger partial charge in [0.1, 0.15) is 0 Å².